The van der Waals surface area contributed by atoms with Crippen LogP contribution in [-0.2, 0) is 50.6 Å². The molecule has 2 radical (unpaired) electrons. The van der Waals surface area contributed by atoms with Crippen LogP contribution in [0, 0.1) is 0 Å². The molecule has 0 aromatic carbocycles. The standard InChI is InChI=1S/Cu.Ga.Mn.Ni.3H. The van der Waals surface area contributed by atoms with Crippen molar-refractivity contribution >= 4 is 19.8 Å². The Kier molecular flexibility index (Phi) is 167. The smallest absolute Gasteiger partial charge is 0 e. The zero-order chi connectivity index (χ0) is 0. The van der Waals surface area contributed by atoms with E-state index in [0.29, 0.717) is 0 Å². The first-order valence-corrected chi connectivity index (χ1v) is 0. The van der Waals surface area contributed by atoms with Crippen LogP contribution in [-0.4, -0.2) is 19.8 Å². The maximum absolute atomic E-state index is 0. The van der Waals surface area contributed by atoms with Crippen LogP contribution in [0.25, 0.3) is 0 Å². The van der Waals surface area contributed by atoms with E-state index in [9.17, 15) is 0 Å². The fourth-order valence-electron chi connectivity index (χ4n) is 0. The summed E-state index contributed by atoms with van der Waals surface area (Å²) in [5.74, 6) is 0. The summed E-state index contributed by atoms with van der Waals surface area (Å²) in [6.45, 7) is 0. The third kappa shape index (κ3) is 8.90. The molecule has 0 rings (SSSR count). The van der Waals surface area contributed by atoms with Gasteiger partial charge in [0.05, 0.1) is 0 Å². The first-order valence-electron chi connectivity index (χ1n) is 0. The summed E-state index contributed by atoms with van der Waals surface area (Å²) in [5.41, 5.74) is 0. The summed E-state index contributed by atoms with van der Waals surface area (Å²) < 4.78 is 0. The maximum Gasteiger partial charge on any atom is 0 e. The third-order valence-corrected chi connectivity index (χ3v) is 0. The van der Waals surface area contributed by atoms with Crippen LogP contribution in [0.2, 0.25) is 0 Å². The van der Waals surface area contributed by atoms with Crippen LogP contribution in [0.3, 0.4) is 0 Å². The molecule has 0 aliphatic carbocycles. The van der Waals surface area contributed by atoms with Crippen LogP contribution in [0.15, 0.2) is 0 Å². The summed E-state index contributed by atoms with van der Waals surface area (Å²) in [5, 5.41) is 0. The van der Waals surface area contributed by atoms with Crippen LogP contribution in [0.1, 0.15) is 0 Å². The van der Waals surface area contributed by atoms with E-state index in [-0.39, 0.29) is 70.4 Å². The van der Waals surface area contributed by atoms with Gasteiger partial charge in [-0.25, -0.2) is 0 Å². The van der Waals surface area contributed by atoms with Gasteiger partial charge in [0.1, 0.15) is 0 Å². The molecule has 0 aliphatic heterocycles. The molecule has 0 amide bonds. The average Bonchev–Trinajstić information content (AvgIpc) is 0. The summed E-state index contributed by atoms with van der Waals surface area (Å²) in [6, 6.07) is 0. The van der Waals surface area contributed by atoms with Crippen molar-refractivity contribution in [2.75, 3.05) is 0 Å². The first kappa shape index (κ1) is 35.0. The topological polar surface area (TPSA) is 0 Å². The van der Waals surface area contributed by atoms with Gasteiger partial charge in [0.15, 0.2) is 0 Å². The fourth-order valence-corrected chi connectivity index (χ4v) is 0. The molecular formula is H3CuGaMnNi. The van der Waals surface area contributed by atoms with Gasteiger partial charge in [0.25, 0.3) is 0 Å². The molecule has 0 aromatic rings. The molecule has 0 saturated carbocycles. The molecule has 0 aliphatic rings. The quantitative estimate of drug-likeness (QED) is 0.474. The van der Waals surface area contributed by atoms with Gasteiger partial charge >= 0.3 is 19.8 Å². The second-order valence-electron chi connectivity index (χ2n) is 0. The average molecular weight is 250 g/mol. The zero-order valence-corrected chi connectivity index (χ0v) is 4.11. The van der Waals surface area contributed by atoms with Crippen molar-refractivity contribution in [3.8, 4) is 0 Å². The van der Waals surface area contributed by atoms with Crippen molar-refractivity contribution in [2.45, 2.75) is 0 Å². The number of rotatable bonds is 0. The van der Waals surface area contributed by atoms with E-state index < -0.39 is 0 Å². The summed E-state index contributed by atoms with van der Waals surface area (Å²) in [6.07, 6.45) is 0. The molecule has 0 heterocycles. The van der Waals surface area contributed by atoms with Crippen LogP contribution >= 0.6 is 0 Å². The van der Waals surface area contributed by atoms with Gasteiger partial charge in [-0.15, -0.1) is 0 Å². The Hall–Kier alpha value is 2.17. The largest absolute Gasteiger partial charge is 0 e. The van der Waals surface area contributed by atoms with E-state index in [0.717, 1.165) is 0 Å². The molecule has 4 heavy (non-hydrogen) atoms. The van der Waals surface area contributed by atoms with E-state index in [1.165, 1.54) is 0 Å². The van der Waals surface area contributed by atoms with Crippen molar-refractivity contribution in [1.82, 2.24) is 0 Å². The molecule has 0 saturated heterocycles. The van der Waals surface area contributed by atoms with E-state index in [1.54, 1.807) is 0 Å². The zero-order valence-electron chi connectivity index (χ0n) is 0.996. The molecule has 34 valence electrons. The predicted octanol–water partition coefficient (Wildman–Crippen LogP) is -1.19. The Bertz CT molecular complexity index is 8.00. The van der Waals surface area contributed by atoms with E-state index in [1.807, 2.05) is 0 Å². The summed E-state index contributed by atoms with van der Waals surface area (Å²) >= 11 is 0. The molecule has 0 nitrogen and oxygen atoms in total. The predicted molar refractivity (Wildman–Crippen MR) is 9.94 cm³/mol. The molecular weight excluding hydrogens is 247 g/mol. The van der Waals surface area contributed by atoms with Crippen molar-refractivity contribution in [3.05, 3.63) is 0 Å². The molecule has 0 unspecified atom stereocenters. The Morgan fingerprint density at radius 2 is 1.00 bits per heavy atom. The second-order valence-corrected chi connectivity index (χ2v) is 0. The molecule has 0 atom stereocenters. The molecule has 0 bridgehead atoms. The van der Waals surface area contributed by atoms with Crippen molar-refractivity contribution in [2.24, 2.45) is 0 Å². The Morgan fingerprint density at radius 3 is 1.00 bits per heavy atom. The van der Waals surface area contributed by atoms with Gasteiger partial charge in [0, 0.05) is 50.6 Å². The Morgan fingerprint density at radius 1 is 1.00 bits per heavy atom. The van der Waals surface area contributed by atoms with Gasteiger partial charge in [-0.2, -0.15) is 0 Å². The van der Waals surface area contributed by atoms with Crippen LogP contribution in [0.5, 0.6) is 0 Å². The number of hydrogen-bond donors (Lipinski definition) is 0. The van der Waals surface area contributed by atoms with E-state index in [4.69, 9.17) is 0 Å². The third-order valence-electron chi connectivity index (χ3n) is 0. The maximum atomic E-state index is 0. The van der Waals surface area contributed by atoms with Crippen LogP contribution < -0.4 is 0 Å². The van der Waals surface area contributed by atoms with Gasteiger partial charge in [-0.3, -0.25) is 0 Å². The normalized spacial score (nSPS) is 0. The van der Waals surface area contributed by atoms with E-state index in [2.05, 4.69) is 0 Å². The Balaban J connectivity index is 0. The molecule has 0 N–H and O–H groups in total. The molecule has 0 aromatic heterocycles. The van der Waals surface area contributed by atoms with Crippen molar-refractivity contribution in [1.29, 1.82) is 0 Å². The molecule has 4 heteroatoms. The van der Waals surface area contributed by atoms with Crippen molar-refractivity contribution < 1.29 is 50.6 Å². The minimum atomic E-state index is 0. The summed E-state index contributed by atoms with van der Waals surface area (Å²) in [7, 11) is 0. The minimum Gasteiger partial charge on any atom is 0 e. The van der Waals surface area contributed by atoms with Crippen LogP contribution in [0.4, 0.5) is 0 Å². The van der Waals surface area contributed by atoms with E-state index >= 15 is 0 Å². The Labute approximate surface area is 69.8 Å². The SMILES string of the molecule is [Cu].[GaH3].[Mn].[Ni]. The fraction of sp³-hybridized carbons (Fsp3) is 0. The number of hydrogen-bond acceptors (Lipinski definition) is 0. The van der Waals surface area contributed by atoms with Gasteiger partial charge in [-0.05, 0) is 0 Å². The van der Waals surface area contributed by atoms with Gasteiger partial charge < -0.3 is 0 Å². The van der Waals surface area contributed by atoms with Gasteiger partial charge in [0.2, 0.25) is 0 Å². The second kappa shape index (κ2) is 19.1. The molecule has 0 spiro atoms. The monoisotopic (exact) mass is 248 g/mol. The van der Waals surface area contributed by atoms with Crippen molar-refractivity contribution in [3.63, 3.8) is 0 Å². The molecule has 0 fully saturated rings. The first-order chi connectivity index (χ1) is 0. The summed E-state index contributed by atoms with van der Waals surface area (Å²) in [4.78, 5) is 0. The van der Waals surface area contributed by atoms with Gasteiger partial charge in [-0.1, -0.05) is 0 Å². The minimum absolute atomic E-state index is 0.